The molecule has 0 unspecified atom stereocenters. The summed E-state index contributed by atoms with van der Waals surface area (Å²) in [7, 11) is 0. The van der Waals surface area contributed by atoms with Crippen molar-refractivity contribution >= 4 is 22.5 Å². The van der Waals surface area contributed by atoms with Gasteiger partial charge in [-0.05, 0) is 38.0 Å². The number of pyridine rings is 2. The number of amides is 1. The molecule has 8 nitrogen and oxygen atoms in total. The maximum atomic E-state index is 15.1. The summed E-state index contributed by atoms with van der Waals surface area (Å²) >= 11 is 0. The molecule has 2 aliphatic heterocycles. The van der Waals surface area contributed by atoms with Gasteiger partial charge in [0.15, 0.2) is 5.82 Å². The molecule has 10 heteroatoms. The fourth-order valence-corrected chi connectivity index (χ4v) is 4.72. The van der Waals surface area contributed by atoms with E-state index in [0.29, 0.717) is 54.9 Å². The zero-order chi connectivity index (χ0) is 24.5. The van der Waals surface area contributed by atoms with E-state index in [1.54, 1.807) is 31.2 Å². The van der Waals surface area contributed by atoms with Crippen molar-refractivity contribution < 1.29 is 13.6 Å². The van der Waals surface area contributed by atoms with Crippen LogP contribution in [0.25, 0.3) is 10.9 Å². The number of hydrazine groups is 1. The molecule has 1 aromatic carbocycles. The normalized spacial score (nSPS) is 17.3. The Hall–Kier alpha value is -3.37. The maximum Gasteiger partial charge on any atom is 0.284 e. The quantitative estimate of drug-likeness (QED) is 0.544. The van der Waals surface area contributed by atoms with E-state index in [4.69, 9.17) is 0 Å². The molecule has 4 heterocycles. The minimum absolute atomic E-state index is 0.0526. The average molecular weight is 483 g/mol. The first-order valence-electron chi connectivity index (χ1n) is 11.9. The summed E-state index contributed by atoms with van der Waals surface area (Å²) in [4.78, 5) is 34.8. The van der Waals surface area contributed by atoms with E-state index in [0.717, 1.165) is 25.9 Å². The van der Waals surface area contributed by atoms with Crippen molar-refractivity contribution in [1.82, 2.24) is 25.3 Å². The number of aromatic amines is 1. The summed E-state index contributed by atoms with van der Waals surface area (Å²) < 4.78 is 29.8. The van der Waals surface area contributed by atoms with Crippen molar-refractivity contribution in [3.05, 3.63) is 69.3 Å². The Morgan fingerprint density at radius 3 is 2.51 bits per heavy atom. The largest absolute Gasteiger partial charge is 0.365 e. The van der Waals surface area contributed by atoms with Crippen LogP contribution in [-0.2, 0) is 6.54 Å². The van der Waals surface area contributed by atoms with Gasteiger partial charge >= 0.3 is 0 Å². The number of hydrogen-bond donors (Lipinski definition) is 2. The summed E-state index contributed by atoms with van der Waals surface area (Å²) in [6.07, 6.45) is 2.05. The van der Waals surface area contributed by atoms with Gasteiger partial charge in [-0.25, -0.2) is 14.4 Å². The zero-order valence-corrected chi connectivity index (χ0v) is 19.6. The number of halogens is 2. The van der Waals surface area contributed by atoms with Crippen LogP contribution >= 0.6 is 0 Å². The van der Waals surface area contributed by atoms with Crippen LogP contribution in [0, 0.1) is 18.7 Å². The van der Waals surface area contributed by atoms with Crippen molar-refractivity contribution in [2.24, 2.45) is 0 Å². The lowest BCUT2D eigenvalue weighted by Crippen LogP contribution is -2.46. The van der Waals surface area contributed by atoms with Crippen molar-refractivity contribution in [3.63, 3.8) is 0 Å². The predicted octanol–water partition coefficient (Wildman–Crippen LogP) is 2.57. The molecule has 1 amide bonds. The van der Waals surface area contributed by atoms with E-state index in [2.05, 4.69) is 20.3 Å². The second-order valence-electron chi connectivity index (χ2n) is 9.19. The number of carbonyl (C=O) groups is 1. The number of piperazine rings is 1. The van der Waals surface area contributed by atoms with E-state index in [-0.39, 0.29) is 16.8 Å². The highest BCUT2D eigenvalue weighted by Crippen LogP contribution is 2.23. The van der Waals surface area contributed by atoms with Crippen LogP contribution in [0.4, 0.5) is 14.5 Å². The average Bonchev–Trinajstić information content (AvgIpc) is 3.36. The standard InChI is InChI=1S/C25H28F2N6O2/c1-16-14-17-4-5-18(21(26)22(17)29-24(16)34)15-31-10-12-32(13-11-31)20-7-6-19(28-23(20)27)25(35)30-33-8-2-3-9-33/h4-7,14H,2-3,8-13,15H2,1H3,(H,29,34)(H,30,35). The summed E-state index contributed by atoms with van der Waals surface area (Å²) in [6, 6.07) is 8.39. The van der Waals surface area contributed by atoms with E-state index in [1.807, 2.05) is 16.0 Å². The third-order valence-corrected chi connectivity index (χ3v) is 6.76. The number of nitrogens with one attached hydrogen (secondary N) is 2. The molecule has 2 N–H and O–H groups in total. The minimum Gasteiger partial charge on any atom is -0.365 e. The number of fused-ring (bicyclic) bond motifs is 1. The smallest absolute Gasteiger partial charge is 0.284 e. The first-order chi connectivity index (χ1) is 16.9. The Balaban J connectivity index is 1.22. The monoisotopic (exact) mass is 482 g/mol. The molecule has 5 rings (SSSR count). The van der Waals surface area contributed by atoms with Gasteiger partial charge in [0.2, 0.25) is 5.95 Å². The molecular formula is C25H28F2N6O2. The van der Waals surface area contributed by atoms with Gasteiger partial charge in [0, 0.05) is 62.3 Å². The summed E-state index contributed by atoms with van der Waals surface area (Å²) in [5.41, 5.74) is 4.15. The summed E-state index contributed by atoms with van der Waals surface area (Å²) in [5.74, 6) is -1.50. The number of rotatable bonds is 5. The predicted molar refractivity (Wildman–Crippen MR) is 129 cm³/mol. The van der Waals surface area contributed by atoms with E-state index in [9.17, 15) is 14.0 Å². The molecule has 2 fully saturated rings. The maximum absolute atomic E-state index is 15.1. The summed E-state index contributed by atoms with van der Waals surface area (Å²) in [6.45, 7) is 5.97. The van der Waals surface area contributed by atoms with Crippen molar-refractivity contribution in [2.75, 3.05) is 44.2 Å². The Morgan fingerprint density at radius 1 is 1.06 bits per heavy atom. The number of carbonyl (C=O) groups excluding carboxylic acids is 1. The number of anilines is 1. The van der Waals surface area contributed by atoms with Gasteiger partial charge in [-0.3, -0.25) is 19.9 Å². The van der Waals surface area contributed by atoms with Crippen LogP contribution in [-0.4, -0.2) is 65.1 Å². The fourth-order valence-electron chi connectivity index (χ4n) is 4.72. The molecule has 0 aliphatic carbocycles. The fraction of sp³-hybridized carbons (Fsp3) is 0.400. The van der Waals surface area contributed by atoms with Crippen LogP contribution in [0.15, 0.2) is 35.1 Å². The van der Waals surface area contributed by atoms with Crippen molar-refractivity contribution in [1.29, 1.82) is 0 Å². The van der Waals surface area contributed by atoms with E-state index < -0.39 is 17.7 Å². The van der Waals surface area contributed by atoms with Crippen LogP contribution in [0.2, 0.25) is 0 Å². The van der Waals surface area contributed by atoms with Crippen LogP contribution < -0.4 is 15.9 Å². The lowest BCUT2D eigenvalue weighted by molar-refractivity contribution is 0.0819. The number of hydrogen-bond acceptors (Lipinski definition) is 6. The number of aromatic nitrogens is 2. The molecule has 2 aromatic heterocycles. The molecule has 35 heavy (non-hydrogen) atoms. The molecular weight excluding hydrogens is 454 g/mol. The van der Waals surface area contributed by atoms with Crippen molar-refractivity contribution in [3.8, 4) is 0 Å². The SMILES string of the molecule is Cc1cc2ccc(CN3CCN(c4ccc(C(=O)NN5CCCC5)nc4F)CC3)c(F)c2[nH]c1=O. The highest BCUT2D eigenvalue weighted by atomic mass is 19.1. The summed E-state index contributed by atoms with van der Waals surface area (Å²) in [5, 5.41) is 2.49. The molecule has 0 spiro atoms. The third-order valence-electron chi connectivity index (χ3n) is 6.76. The molecule has 2 saturated heterocycles. The lowest BCUT2D eigenvalue weighted by atomic mass is 10.1. The Kier molecular flexibility index (Phi) is 6.48. The minimum atomic E-state index is -0.674. The van der Waals surface area contributed by atoms with Gasteiger partial charge in [-0.2, -0.15) is 4.39 Å². The van der Waals surface area contributed by atoms with Gasteiger partial charge in [-0.1, -0.05) is 12.1 Å². The van der Waals surface area contributed by atoms with Gasteiger partial charge in [0.25, 0.3) is 11.5 Å². The first kappa shape index (κ1) is 23.4. The first-order valence-corrected chi connectivity index (χ1v) is 11.9. The molecule has 0 saturated carbocycles. The van der Waals surface area contributed by atoms with Crippen LogP contribution in [0.3, 0.4) is 0 Å². The number of nitrogens with zero attached hydrogens (tertiary/aromatic N) is 4. The van der Waals surface area contributed by atoms with Gasteiger partial charge in [0.05, 0.1) is 11.2 Å². The second kappa shape index (κ2) is 9.71. The van der Waals surface area contributed by atoms with Gasteiger partial charge < -0.3 is 9.88 Å². The number of H-pyrrole nitrogens is 1. The van der Waals surface area contributed by atoms with E-state index >= 15 is 4.39 Å². The Bertz CT molecular complexity index is 1310. The molecule has 0 radical (unpaired) electrons. The van der Waals surface area contributed by atoms with Gasteiger partial charge in [-0.15, -0.1) is 0 Å². The van der Waals surface area contributed by atoms with Crippen LogP contribution in [0.1, 0.15) is 34.5 Å². The van der Waals surface area contributed by atoms with E-state index in [1.165, 1.54) is 0 Å². The number of benzene rings is 1. The zero-order valence-electron chi connectivity index (χ0n) is 19.6. The molecule has 0 bridgehead atoms. The molecule has 0 atom stereocenters. The molecule has 184 valence electrons. The highest BCUT2D eigenvalue weighted by Gasteiger charge is 2.23. The topological polar surface area (TPSA) is 84.6 Å². The van der Waals surface area contributed by atoms with Crippen LogP contribution in [0.5, 0.6) is 0 Å². The van der Waals surface area contributed by atoms with Crippen molar-refractivity contribution in [2.45, 2.75) is 26.3 Å². The lowest BCUT2D eigenvalue weighted by Gasteiger charge is -2.36. The molecule has 3 aromatic rings. The Morgan fingerprint density at radius 2 is 1.80 bits per heavy atom. The number of aryl methyl sites for hydroxylation is 1. The highest BCUT2D eigenvalue weighted by molar-refractivity contribution is 5.92. The Labute approximate surface area is 201 Å². The van der Waals surface area contributed by atoms with Gasteiger partial charge in [0.1, 0.15) is 5.69 Å². The molecule has 2 aliphatic rings. The third kappa shape index (κ3) is 4.89. The second-order valence-corrected chi connectivity index (χ2v) is 9.19.